The van der Waals surface area contributed by atoms with Gasteiger partial charge in [0.05, 0.1) is 9.80 Å². The first-order valence-corrected chi connectivity index (χ1v) is 8.06. The van der Waals surface area contributed by atoms with Crippen molar-refractivity contribution < 1.29 is 9.72 Å². The van der Waals surface area contributed by atoms with Gasteiger partial charge in [0.25, 0.3) is 0 Å². The van der Waals surface area contributed by atoms with Gasteiger partial charge in [0.15, 0.2) is 10.8 Å². The van der Waals surface area contributed by atoms with Crippen molar-refractivity contribution in [2.24, 2.45) is 11.3 Å². The van der Waals surface area contributed by atoms with Crippen molar-refractivity contribution in [3.63, 3.8) is 0 Å². The van der Waals surface area contributed by atoms with Gasteiger partial charge in [0.2, 0.25) is 0 Å². The fourth-order valence-corrected chi connectivity index (χ4v) is 3.92. The average molecular weight is 310 g/mol. The van der Waals surface area contributed by atoms with Gasteiger partial charge in [-0.2, -0.15) is 0 Å². The first kappa shape index (κ1) is 15.9. The van der Waals surface area contributed by atoms with E-state index in [0.717, 1.165) is 25.9 Å². The lowest BCUT2D eigenvalue weighted by Crippen LogP contribution is -2.37. The number of anilines is 1. The van der Waals surface area contributed by atoms with Crippen LogP contribution in [0.1, 0.15) is 50.2 Å². The Balaban J connectivity index is 2.20. The van der Waals surface area contributed by atoms with Crippen molar-refractivity contribution in [2.75, 3.05) is 18.0 Å². The third kappa shape index (κ3) is 3.43. The van der Waals surface area contributed by atoms with E-state index < -0.39 is 0 Å². The second kappa shape index (κ2) is 5.75. The second-order valence-electron chi connectivity index (χ2n) is 6.74. The highest BCUT2D eigenvalue weighted by molar-refractivity contribution is 7.18. The lowest BCUT2D eigenvalue weighted by molar-refractivity contribution is -0.383. The Morgan fingerprint density at radius 2 is 1.95 bits per heavy atom. The summed E-state index contributed by atoms with van der Waals surface area (Å²) in [5, 5.41) is 11.8. The van der Waals surface area contributed by atoms with Gasteiger partial charge in [-0.15, -0.1) is 11.3 Å². The van der Waals surface area contributed by atoms with Gasteiger partial charge >= 0.3 is 5.69 Å². The van der Waals surface area contributed by atoms with E-state index in [-0.39, 0.29) is 21.8 Å². The van der Waals surface area contributed by atoms with Gasteiger partial charge in [0, 0.05) is 19.2 Å². The molecule has 0 radical (unpaired) electrons. The maximum Gasteiger partial charge on any atom is 0.304 e. The predicted octanol–water partition coefficient (Wildman–Crippen LogP) is 4.12. The van der Waals surface area contributed by atoms with Gasteiger partial charge < -0.3 is 4.90 Å². The first-order chi connectivity index (χ1) is 9.70. The summed E-state index contributed by atoms with van der Waals surface area (Å²) in [7, 11) is 0. The average Bonchev–Trinajstić information content (AvgIpc) is 2.83. The maximum absolute atomic E-state index is 11.5. The molecular formula is C15H22N2O3S. The Kier molecular flexibility index (Phi) is 4.37. The molecule has 0 amide bonds. The van der Waals surface area contributed by atoms with Crippen LogP contribution in [0, 0.1) is 21.4 Å². The van der Waals surface area contributed by atoms with Crippen molar-refractivity contribution in [1.82, 2.24) is 0 Å². The first-order valence-electron chi connectivity index (χ1n) is 7.24. The topological polar surface area (TPSA) is 63.4 Å². The summed E-state index contributed by atoms with van der Waals surface area (Å²) in [5.41, 5.74) is 0.345. The van der Waals surface area contributed by atoms with E-state index in [1.165, 1.54) is 24.3 Å². The Bertz CT molecular complexity index is 552. The van der Waals surface area contributed by atoms with Crippen molar-refractivity contribution in [1.29, 1.82) is 0 Å². The molecule has 2 heterocycles. The molecule has 0 atom stereocenters. The Labute approximate surface area is 129 Å². The number of carbonyl (C=O) groups is 1. The fourth-order valence-electron chi connectivity index (χ4n) is 2.85. The van der Waals surface area contributed by atoms with E-state index in [1.54, 1.807) is 0 Å². The Hall–Kier alpha value is -1.43. The number of thiophene rings is 1. The van der Waals surface area contributed by atoms with Crippen LogP contribution in [0.15, 0.2) is 6.07 Å². The minimum atomic E-state index is -0.381. The number of ketones is 1. The van der Waals surface area contributed by atoms with Crippen LogP contribution in [0.25, 0.3) is 0 Å². The molecule has 0 spiro atoms. The van der Waals surface area contributed by atoms with Crippen LogP contribution in [0.3, 0.4) is 0 Å². The van der Waals surface area contributed by atoms with Gasteiger partial charge in [-0.3, -0.25) is 14.9 Å². The predicted molar refractivity (Wildman–Crippen MR) is 85.4 cm³/mol. The quantitative estimate of drug-likeness (QED) is 0.478. The number of carbonyl (C=O) groups excluding carboxylic acids is 1. The maximum atomic E-state index is 11.5. The van der Waals surface area contributed by atoms with Crippen LogP contribution in [0.4, 0.5) is 10.7 Å². The van der Waals surface area contributed by atoms with Gasteiger partial charge in [-0.05, 0) is 31.1 Å². The summed E-state index contributed by atoms with van der Waals surface area (Å²) in [4.78, 5) is 24.8. The largest absolute Gasteiger partial charge is 0.358 e. The summed E-state index contributed by atoms with van der Waals surface area (Å²) in [6.45, 7) is 9.82. The molecule has 1 aliphatic heterocycles. The molecule has 0 unspecified atom stereocenters. The summed E-state index contributed by atoms with van der Waals surface area (Å²) in [6.07, 6.45) is 2.07. The molecule has 0 aromatic carbocycles. The molecule has 5 nitrogen and oxygen atoms in total. The van der Waals surface area contributed by atoms with Gasteiger partial charge in [-0.25, -0.2) is 0 Å². The van der Waals surface area contributed by atoms with E-state index in [9.17, 15) is 14.9 Å². The summed E-state index contributed by atoms with van der Waals surface area (Å²) < 4.78 is 0. The normalized spacial score (nSPS) is 17.0. The molecule has 1 aromatic heterocycles. The zero-order valence-corrected chi connectivity index (χ0v) is 13.8. The summed E-state index contributed by atoms with van der Waals surface area (Å²) >= 11 is 1.25. The van der Waals surface area contributed by atoms with Crippen LogP contribution < -0.4 is 4.90 Å². The molecule has 1 saturated heterocycles. The molecule has 0 aliphatic carbocycles. The highest BCUT2D eigenvalue weighted by Gasteiger charge is 2.32. The fraction of sp³-hybridized carbons (Fsp3) is 0.667. The van der Waals surface area contributed by atoms with Crippen LogP contribution in [0.5, 0.6) is 0 Å². The standard InChI is InChI=1S/C15H22N2O3S/c1-10(18)13-9-12(17(19)20)14(21-13)16-7-5-11(6-8-16)15(2,3)4/h9,11H,5-8H2,1-4H3. The van der Waals surface area contributed by atoms with Crippen molar-refractivity contribution >= 4 is 27.8 Å². The van der Waals surface area contributed by atoms with Crippen LogP contribution >= 0.6 is 11.3 Å². The molecule has 1 aliphatic rings. The molecule has 2 rings (SSSR count). The molecule has 1 aromatic rings. The Morgan fingerprint density at radius 3 is 2.38 bits per heavy atom. The van der Waals surface area contributed by atoms with Crippen LogP contribution in [-0.2, 0) is 0 Å². The lowest BCUT2D eigenvalue weighted by atomic mass is 9.75. The van der Waals surface area contributed by atoms with Crippen LogP contribution in [0.2, 0.25) is 0 Å². The monoisotopic (exact) mass is 310 g/mol. The minimum absolute atomic E-state index is 0.0689. The lowest BCUT2D eigenvalue weighted by Gasteiger charge is -2.38. The van der Waals surface area contributed by atoms with E-state index in [0.29, 0.717) is 15.8 Å². The van der Waals surface area contributed by atoms with E-state index in [2.05, 4.69) is 25.7 Å². The number of hydrogen-bond donors (Lipinski definition) is 0. The van der Waals surface area contributed by atoms with E-state index in [1.807, 2.05) is 0 Å². The van der Waals surface area contributed by atoms with E-state index in [4.69, 9.17) is 0 Å². The molecule has 0 bridgehead atoms. The molecule has 6 heteroatoms. The summed E-state index contributed by atoms with van der Waals surface area (Å²) in [6, 6.07) is 1.41. The minimum Gasteiger partial charge on any atom is -0.358 e. The Morgan fingerprint density at radius 1 is 1.38 bits per heavy atom. The SMILES string of the molecule is CC(=O)c1cc([N+](=O)[O-])c(N2CCC(C(C)(C)C)CC2)s1. The number of hydrogen-bond acceptors (Lipinski definition) is 5. The number of nitrogens with zero attached hydrogens (tertiary/aromatic N) is 2. The highest BCUT2D eigenvalue weighted by Crippen LogP contribution is 2.42. The number of Topliss-reactive ketones (excluding diaryl/α,β-unsaturated/α-hetero) is 1. The zero-order valence-electron chi connectivity index (χ0n) is 13.0. The molecule has 21 heavy (non-hydrogen) atoms. The van der Waals surface area contributed by atoms with Crippen LogP contribution in [-0.4, -0.2) is 23.8 Å². The number of nitro groups is 1. The van der Waals surface area contributed by atoms with Crippen molar-refractivity contribution in [3.05, 3.63) is 21.1 Å². The van der Waals surface area contributed by atoms with Crippen molar-refractivity contribution in [2.45, 2.75) is 40.5 Å². The van der Waals surface area contributed by atoms with E-state index >= 15 is 0 Å². The zero-order chi connectivity index (χ0) is 15.8. The van der Waals surface area contributed by atoms with Gasteiger partial charge in [0.1, 0.15) is 0 Å². The third-order valence-electron chi connectivity index (χ3n) is 4.24. The summed E-state index contributed by atoms with van der Waals surface area (Å²) in [5.74, 6) is 0.527. The molecule has 0 saturated carbocycles. The molecular weight excluding hydrogens is 288 g/mol. The molecule has 1 fully saturated rings. The molecule has 0 N–H and O–H groups in total. The smallest absolute Gasteiger partial charge is 0.304 e. The second-order valence-corrected chi connectivity index (χ2v) is 7.77. The van der Waals surface area contributed by atoms with Crippen molar-refractivity contribution in [3.8, 4) is 0 Å². The molecule has 116 valence electrons. The van der Waals surface area contributed by atoms with Gasteiger partial charge in [-0.1, -0.05) is 20.8 Å². The number of piperidine rings is 1. The highest BCUT2D eigenvalue weighted by atomic mass is 32.1. The third-order valence-corrected chi connectivity index (χ3v) is 5.53. The number of rotatable bonds is 3.